The number of hydrogen-bond acceptors (Lipinski definition) is 5. The third kappa shape index (κ3) is 3.06. The number of fused-ring (bicyclic) bond motifs is 1. The Bertz CT molecular complexity index is 811. The molecule has 0 bridgehead atoms. The van der Waals surface area contributed by atoms with E-state index in [4.69, 9.17) is 8.83 Å². The van der Waals surface area contributed by atoms with E-state index in [2.05, 4.69) is 4.98 Å². The predicted molar refractivity (Wildman–Crippen MR) is 83.4 cm³/mol. The molecule has 0 aromatic carbocycles. The van der Waals surface area contributed by atoms with Gasteiger partial charge >= 0.3 is 0 Å². The number of carbonyl (C=O) groups is 1. The summed E-state index contributed by atoms with van der Waals surface area (Å²) in [5, 5.41) is 0. The molecule has 0 radical (unpaired) electrons. The normalized spacial score (nSPS) is 14.7. The van der Waals surface area contributed by atoms with Crippen LogP contribution in [0.15, 0.2) is 25.8 Å². The second kappa shape index (κ2) is 5.37. The van der Waals surface area contributed by atoms with Gasteiger partial charge in [0, 0.05) is 30.5 Å². The molecule has 2 aromatic rings. The van der Waals surface area contributed by atoms with Crippen LogP contribution in [0, 0.1) is 6.92 Å². The van der Waals surface area contributed by atoms with Gasteiger partial charge in [-0.1, -0.05) is 20.8 Å². The highest BCUT2D eigenvalue weighted by atomic mass is 16.4. The molecule has 0 saturated carbocycles. The van der Waals surface area contributed by atoms with Gasteiger partial charge in [0.15, 0.2) is 17.1 Å². The predicted octanol–water partition coefficient (Wildman–Crippen LogP) is 2.43. The van der Waals surface area contributed by atoms with Crippen LogP contribution < -0.4 is 5.43 Å². The molecule has 1 amide bonds. The molecule has 122 valence electrons. The molecule has 0 atom stereocenters. The van der Waals surface area contributed by atoms with Crippen LogP contribution >= 0.6 is 0 Å². The lowest BCUT2D eigenvalue weighted by Gasteiger charge is -2.24. The minimum Gasteiger partial charge on any atom is -0.456 e. The monoisotopic (exact) mass is 316 g/mol. The number of oxazole rings is 1. The fraction of sp³-hybridized carbons (Fsp3) is 0.471. The molecular weight excluding hydrogens is 296 g/mol. The molecule has 1 aliphatic heterocycles. The van der Waals surface area contributed by atoms with E-state index in [1.54, 1.807) is 11.8 Å². The summed E-state index contributed by atoms with van der Waals surface area (Å²) in [5.74, 6) is 1.72. The number of amides is 1. The van der Waals surface area contributed by atoms with Crippen molar-refractivity contribution in [2.75, 3.05) is 6.54 Å². The third-order valence-electron chi connectivity index (χ3n) is 3.76. The minimum atomic E-state index is -0.295. The molecule has 6 heteroatoms. The van der Waals surface area contributed by atoms with Gasteiger partial charge in [0.2, 0.25) is 0 Å². The Balaban J connectivity index is 1.85. The van der Waals surface area contributed by atoms with Crippen molar-refractivity contribution in [1.82, 2.24) is 9.88 Å². The fourth-order valence-electron chi connectivity index (χ4n) is 2.56. The van der Waals surface area contributed by atoms with Crippen molar-refractivity contribution in [3.05, 3.63) is 51.2 Å². The Hall–Kier alpha value is -2.37. The van der Waals surface area contributed by atoms with E-state index in [1.807, 2.05) is 20.8 Å². The summed E-state index contributed by atoms with van der Waals surface area (Å²) in [6, 6.07) is 2.59. The molecule has 0 spiro atoms. The maximum absolute atomic E-state index is 12.6. The number of aromatic nitrogens is 1. The zero-order valence-corrected chi connectivity index (χ0v) is 13.8. The van der Waals surface area contributed by atoms with Gasteiger partial charge in [-0.05, 0) is 6.92 Å². The molecule has 0 aliphatic carbocycles. The van der Waals surface area contributed by atoms with Crippen molar-refractivity contribution >= 4 is 5.91 Å². The summed E-state index contributed by atoms with van der Waals surface area (Å²) < 4.78 is 11.2. The quantitative estimate of drug-likeness (QED) is 0.807. The Labute approximate surface area is 134 Å². The van der Waals surface area contributed by atoms with E-state index >= 15 is 0 Å². The summed E-state index contributed by atoms with van der Waals surface area (Å²) in [4.78, 5) is 30.3. The molecule has 6 nitrogen and oxygen atoms in total. The Morgan fingerprint density at radius 1 is 1.26 bits per heavy atom. The van der Waals surface area contributed by atoms with Gasteiger partial charge in [-0.2, -0.15) is 0 Å². The molecule has 1 aliphatic rings. The molecule has 0 unspecified atom stereocenters. The van der Waals surface area contributed by atoms with Crippen LogP contribution in [0.25, 0.3) is 0 Å². The summed E-state index contributed by atoms with van der Waals surface area (Å²) >= 11 is 0. The van der Waals surface area contributed by atoms with Crippen molar-refractivity contribution in [2.24, 2.45) is 0 Å². The second-order valence-corrected chi connectivity index (χ2v) is 6.88. The van der Waals surface area contributed by atoms with E-state index in [-0.39, 0.29) is 22.5 Å². The Kier molecular flexibility index (Phi) is 3.62. The van der Waals surface area contributed by atoms with E-state index in [0.717, 1.165) is 11.5 Å². The SMILES string of the molecule is Cc1cc(=O)cc(C(=O)N2CCc3oc(C(C)(C)C)nc3C2)o1. The van der Waals surface area contributed by atoms with Gasteiger partial charge in [-0.15, -0.1) is 0 Å². The summed E-state index contributed by atoms with van der Waals surface area (Å²) in [6.45, 7) is 8.64. The van der Waals surface area contributed by atoms with Crippen LogP contribution in [0.2, 0.25) is 0 Å². The van der Waals surface area contributed by atoms with Crippen molar-refractivity contribution in [2.45, 2.75) is 46.1 Å². The van der Waals surface area contributed by atoms with Gasteiger partial charge in [0.25, 0.3) is 5.91 Å². The largest absolute Gasteiger partial charge is 0.456 e. The van der Waals surface area contributed by atoms with E-state index < -0.39 is 0 Å². The van der Waals surface area contributed by atoms with Crippen molar-refractivity contribution < 1.29 is 13.6 Å². The smallest absolute Gasteiger partial charge is 0.290 e. The van der Waals surface area contributed by atoms with Crippen molar-refractivity contribution in [1.29, 1.82) is 0 Å². The summed E-state index contributed by atoms with van der Waals surface area (Å²) in [6.07, 6.45) is 0.611. The second-order valence-electron chi connectivity index (χ2n) is 6.88. The highest BCUT2D eigenvalue weighted by Gasteiger charge is 2.30. The first-order valence-electron chi connectivity index (χ1n) is 7.64. The first kappa shape index (κ1) is 15.5. The Morgan fingerprint density at radius 2 is 2.00 bits per heavy atom. The molecule has 0 N–H and O–H groups in total. The lowest BCUT2D eigenvalue weighted by Crippen LogP contribution is -2.36. The highest BCUT2D eigenvalue weighted by Crippen LogP contribution is 2.27. The third-order valence-corrected chi connectivity index (χ3v) is 3.76. The average molecular weight is 316 g/mol. The van der Waals surface area contributed by atoms with Crippen LogP contribution in [0.4, 0.5) is 0 Å². The number of hydrogen-bond donors (Lipinski definition) is 0. The molecule has 3 heterocycles. The molecule has 23 heavy (non-hydrogen) atoms. The number of rotatable bonds is 1. The molecule has 0 saturated heterocycles. The first-order chi connectivity index (χ1) is 10.7. The van der Waals surface area contributed by atoms with Gasteiger partial charge in [-0.25, -0.2) is 4.98 Å². The van der Waals surface area contributed by atoms with Gasteiger partial charge in [-0.3, -0.25) is 9.59 Å². The van der Waals surface area contributed by atoms with Crippen molar-refractivity contribution in [3.8, 4) is 0 Å². The average Bonchev–Trinajstić information content (AvgIpc) is 2.88. The molecule has 2 aromatic heterocycles. The van der Waals surface area contributed by atoms with E-state index in [1.165, 1.54) is 12.1 Å². The fourth-order valence-corrected chi connectivity index (χ4v) is 2.56. The summed E-state index contributed by atoms with van der Waals surface area (Å²) in [5.41, 5.74) is 0.381. The highest BCUT2D eigenvalue weighted by molar-refractivity contribution is 5.91. The number of carbonyl (C=O) groups excluding carboxylic acids is 1. The maximum Gasteiger partial charge on any atom is 0.290 e. The van der Waals surface area contributed by atoms with Gasteiger partial charge < -0.3 is 13.7 Å². The number of aryl methyl sites for hydroxylation is 1. The van der Waals surface area contributed by atoms with E-state index in [0.29, 0.717) is 31.2 Å². The molecule has 3 rings (SSSR count). The van der Waals surface area contributed by atoms with Crippen LogP contribution in [0.5, 0.6) is 0 Å². The summed E-state index contributed by atoms with van der Waals surface area (Å²) in [7, 11) is 0. The zero-order chi connectivity index (χ0) is 16.8. The lowest BCUT2D eigenvalue weighted by atomic mass is 9.97. The Morgan fingerprint density at radius 3 is 2.65 bits per heavy atom. The van der Waals surface area contributed by atoms with Gasteiger partial charge in [0.1, 0.15) is 17.2 Å². The van der Waals surface area contributed by atoms with Crippen LogP contribution in [-0.2, 0) is 18.4 Å². The number of nitrogens with zero attached hydrogens (tertiary/aromatic N) is 2. The maximum atomic E-state index is 12.6. The van der Waals surface area contributed by atoms with Gasteiger partial charge in [0.05, 0.1) is 6.54 Å². The lowest BCUT2D eigenvalue weighted by molar-refractivity contribution is 0.0691. The molecular formula is C17H20N2O4. The van der Waals surface area contributed by atoms with E-state index in [9.17, 15) is 9.59 Å². The zero-order valence-electron chi connectivity index (χ0n) is 13.8. The van der Waals surface area contributed by atoms with Crippen molar-refractivity contribution in [3.63, 3.8) is 0 Å². The standard InChI is InChI=1S/C17H20N2O4/c1-10-7-11(20)8-14(22-10)15(21)19-6-5-13-12(9-19)18-16(23-13)17(2,3)4/h7-8H,5-6,9H2,1-4H3. The minimum absolute atomic E-state index is 0.0676. The van der Waals surface area contributed by atoms with Crippen LogP contribution in [0.3, 0.4) is 0 Å². The first-order valence-corrected chi connectivity index (χ1v) is 7.64. The van der Waals surface area contributed by atoms with Crippen LogP contribution in [0.1, 0.15) is 54.4 Å². The topological polar surface area (TPSA) is 76.6 Å². The van der Waals surface area contributed by atoms with Crippen LogP contribution in [-0.4, -0.2) is 22.3 Å². The molecule has 0 fully saturated rings.